The van der Waals surface area contributed by atoms with E-state index in [0.717, 1.165) is 16.1 Å². The Morgan fingerprint density at radius 2 is 1.92 bits per heavy atom. The van der Waals surface area contributed by atoms with Crippen LogP contribution in [0.25, 0.3) is 0 Å². The summed E-state index contributed by atoms with van der Waals surface area (Å²) in [5, 5.41) is 10.9. The molecule has 0 unspecified atom stereocenters. The lowest BCUT2D eigenvalue weighted by Crippen LogP contribution is -2.24. The molecule has 0 aromatic heterocycles. The quantitative estimate of drug-likeness (QED) is 0.524. The zero-order valence-electron chi connectivity index (χ0n) is 7.73. The Bertz CT molecular complexity index is 295. The van der Waals surface area contributed by atoms with Crippen molar-refractivity contribution in [3.63, 3.8) is 0 Å². The molecular weight excluding hydrogens is 168 g/mol. The van der Waals surface area contributed by atoms with Crippen LogP contribution in [0.4, 0.5) is 0 Å². The zero-order valence-corrected chi connectivity index (χ0v) is 7.73. The third-order valence-electron chi connectivity index (χ3n) is 1.81. The number of nitro groups is 1. The Hall–Kier alpha value is -1.58. The van der Waals surface area contributed by atoms with Gasteiger partial charge in [0.1, 0.15) is 6.54 Å². The number of benzene rings is 1. The third kappa shape index (κ3) is 2.74. The smallest absolute Gasteiger partial charge is 0.160 e. The molecule has 0 amide bonds. The summed E-state index contributed by atoms with van der Waals surface area (Å²) in [6, 6.07) is 7.69. The van der Waals surface area contributed by atoms with Crippen LogP contribution >= 0.6 is 0 Å². The lowest BCUT2D eigenvalue weighted by atomic mass is 10.1. The Morgan fingerprint density at radius 3 is 2.38 bits per heavy atom. The minimum atomic E-state index is -0.417. The predicted octanol–water partition coefficient (Wildman–Crippen LogP) is 1.62. The SMILES string of the molecule is Cc1ccc(CN(C)[N+](=O)[O-])cc1. The highest BCUT2D eigenvalue weighted by molar-refractivity contribution is 5.20. The van der Waals surface area contributed by atoms with E-state index in [4.69, 9.17) is 0 Å². The molecule has 0 radical (unpaired) electrons. The van der Waals surface area contributed by atoms with Crippen molar-refractivity contribution in [3.05, 3.63) is 45.5 Å². The van der Waals surface area contributed by atoms with Crippen LogP contribution in [-0.2, 0) is 6.54 Å². The Morgan fingerprint density at radius 1 is 1.38 bits per heavy atom. The number of nitrogens with zero attached hydrogens (tertiary/aromatic N) is 2. The summed E-state index contributed by atoms with van der Waals surface area (Å²) in [5.41, 5.74) is 2.11. The Kier molecular flexibility index (Phi) is 2.84. The normalized spacial score (nSPS) is 9.69. The van der Waals surface area contributed by atoms with Gasteiger partial charge in [0, 0.05) is 0 Å². The molecule has 0 saturated carbocycles. The van der Waals surface area contributed by atoms with Crippen LogP contribution in [0.1, 0.15) is 11.1 Å². The monoisotopic (exact) mass is 180 g/mol. The van der Waals surface area contributed by atoms with Gasteiger partial charge < -0.3 is 0 Å². The molecule has 0 aliphatic carbocycles. The van der Waals surface area contributed by atoms with E-state index in [-0.39, 0.29) is 0 Å². The van der Waals surface area contributed by atoms with Crippen molar-refractivity contribution in [1.82, 2.24) is 5.01 Å². The van der Waals surface area contributed by atoms with Crippen LogP contribution in [0, 0.1) is 17.0 Å². The van der Waals surface area contributed by atoms with Crippen molar-refractivity contribution in [2.45, 2.75) is 13.5 Å². The molecule has 0 bridgehead atoms. The first-order chi connectivity index (χ1) is 6.09. The molecule has 0 heterocycles. The number of hydrogen-bond acceptors (Lipinski definition) is 2. The van der Waals surface area contributed by atoms with Gasteiger partial charge in [0.25, 0.3) is 0 Å². The van der Waals surface area contributed by atoms with Gasteiger partial charge in [-0.25, -0.2) is 10.1 Å². The van der Waals surface area contributed by atoms with Crippen molar-refractivity contribution in [3.8, 4) is 0 Å². The second-order valence-corrected chi connectivity index (χ2v) is 3.04. The Balaban J connectivity index is 2.64. The fraction of sp³-hybridized carbons (Fsp3) is 0.333. The van der Waals surface area contributed by atoms with Crippen LogP contribution in [0.2, 0.25) is 0 Å². The van der Waals surface area contributed by atoms with E-state index in [1.165, 1.54) is 7.05 Å². The fourth-order valence-electron chi connectivity index (χ4n) is 1.02. The van der Waals surface area contributed by atoms with Crippen molar-refractivity contribution < 1.29 is 5.03 Å². The maximum Gasteiger partial charge on any atom is 0.160 e. The Labute approximate surface area is 76.9 Å². The standard InChI is InChI=1S/C9H12N2O2/c1-8-3-5-9(6-4-8)7-10(2)11(12)13/h3-6H,7H2,1-2H3. The molecule has 70 valence electrons. The molecule has 13 heavy (non-hydrogen) atoms. The fourth-order valence-corrected chi connectivity index (χ4v) is 1.02. The lowest BCUT2D eigenvalue weighted by Gasteiger charge is -2.07. The first-order valence-corrected chi connectivity index (χ1v) is 4.00. The van der Waals surface area contributed by atoms with Crippen LogP contribution < -0.4 is 0 Å². The van der Waals surface area contributed by atoms with Gasteiger partial charge in [-0.05, 0) is 12.5 Å². The largest absolute Gasteiger partial charge is 0.235 e. The molecule has 1 aromatic carbocycles. The van der Waals surface area contributed by atoms with Gasteiger partial charge in [0.2, 0.25) is 0 Å². The van der Waals surface area contributed by atoms with E-state index in [9.17, 15) is 10.1 Å². The maximum absolute atomic E-state index is 10.3. The van der Waals surface area contributed by atoms with Gasteiger partial charge in [-0.2, -0.15) is 0 Å². The van der Waals surface area contributed by atoms with Crippen molar-refractivity contribution in [2.24, 2.45) is 0 Å². The first-order valence-electron chi connectivity index (χ1n) is 4.00. The number of hydrazine groups is 1. The van der Waals surface area contributed by atoms with E-state index >= 15 is 0 Å². The van der Waals surface area contributed by atoms with E-state index in [0.29, 0.717) is 6.54 Å². The second kappa shape index (κ2) is 3.89. The molecule has 1 rings (SSSR count). The number of rotatable bonds is 3. The summed E-state index contributed by atoms with van der Waals surface area (Å²) in [6.07, 6.45) is 0. The molecule has 0 aliphatic rings. The van der Waals surface area contributed by atoms with Gasteiger partial charge in [0.05, 0.1) is 7.05 Å². The van der Waals surface area contributed by atoms with Crippen LogP contribution in [0.15, 0.2) is 24.3 Å². The minimum absolute atomic E-state index is 0.341. The predicted molar refractivity (Wildman–Crippen MR) is 49.6 cm³/mol. The average Bonchev–Trinajstić information content (AvgIpc) is 2.08. The molecule has 0 fully saturated rings. The third-order valence-corrected chi connectivity index (χ3v) is 1.81. The molecule has 4 nitrogen and oxygen atoms in total. The summed E-state index contributed by atoms with van der Waals surface area (Å²) < 4.78 is 0. The van der Waals surface area contributed by atoms with Gasteiger partial charge in [0.15, 0.2) is 5.03 Å². The average molecular weight is 180 g/mol. The topological polar surface area (TPSA) is 46.4 Å². The summed E-state index contributed by atoms with van der Waals surface area (Å²) in [4.78, 5) is 10.3. The van der Waals surface area contributed by atoms with E-state index < -0.39 is 5.03 Å². The van der Waals surface area contributed by atoms with Crippen molar-refractivity contribution in [1.29, 1.82) is 0 Å². The van der Waals surface area contributed by atoms with Gasteiger partial charge in [-0.15, -0.1) is 5.01 Å². The van der Waals surface area contributed by atoms with E-state index in [1.54, 1.807) is 0 Å². The van der Waals surface area contributed by atoms with Gasteiger partial charge in [-0.3, -0.25) is 0 Å². The van der Waals surface area contributed by atoms with Crippen LogP contribution in [-0.4, -0.2) is 17.1 Å². The molecule has 4 heteroatoms. The van der Waals surface area contributed by atoms with E-state index in [1.807, 2.05) is 31.2 Å². The lowest BCUT2D eigenvalue weighted by molar-refractivity contribution is -0.652. The maximum atomic E-state index is 10.3. The zero-order chi connectivity index (χ0) is 9.84. The molecule has 0 atom stereocenters. The molecule has 0 aliphatic heterocycles. The van der Waals surface area contributed by atoms with E-state index in [2.05, 4.69) is 0 Å². The van der Waals surface area contributed by atoms with Crippen LogP contribution in [0.5, 0.6) is 0 Å². The minimum Gasteiger partial charge on any atom is -0.235 e. The number of hydrogen-bond donors (Lipinski definition) is 0. The molecule has 0 saturated heterocycles. The number of aryl methyl sites for hydroxylation is 1. The van der Waals surface area contributed by atoms with Crippen molar-refractivity contribution in [2.75, 3.05) is 7.05 Å². The molecule has 1 aromatic rings. The second-order valence-electron chi connectivity index (χ2n) is 3.04. The summed E-state index contributed by atoms with van der Waals surface area (Å²) in [6.45, 7) is 2.33. The summed E-state index contributed by atoms with van der Waals surface area (Å²) >= 11 is 0. The highest BCUT2D eigenvalue weighted by atomic mass is 16.7. The van der Waals surface area contributed by atoms with Crippen molar-refractivity contribution >= 4 is 0 Å². The van der Waals surface area contributed by atoms with Gasteiger partial charge >= 0.3 is 0 Å². The van der Waals surface area contributed by atoms with Crippen LogP contribution in [0.3, 0.4) is 0 Å². The molecule has 0 spiro atoms. The molecule has 0 N–H and O–H groups in total. The van der Waals surface area contributed by atoms with Gasteiger partial charge in [-0.1, -0.05) is 29.8 Å². The molecular formula is C9H12N2O2. The highest BCUT2D eigenvalue weighted by Crippen LogP contribution is 2.05. The highest BCUT2D eigenvalue weighted by Gasteiger charge is 2.06. The summed E-state index contributed by atoms with van der Waals surface area (Å²) in [5.74, 6) is 0. The first kappa shape index (κ1) is 9.51. The summed E-state index contributed by atoms with van der Waals surface area (Å²) in [7, 11) is 1.46.